The highest BCUT2D eigenvalue weighted by atomic mass is 19.1. The van der Waals surface area contributed by atoms with E-state index in [9.17, 15) is 18.7 Å². The summed E-state index contributed by atoms with van der Waals surface area (Å²) in [5, 5.41) is 18.3. The van der Waals surface area contributed by atoms with E-state index >= 15 is 0 Å². The molecule has 4 aromatic rings. The topological polar surface area (TPSA) is 110 Å². The van der Waals surface area contributed by atoms with Gasteiger partial charge >= 0.3 is 5.97 Å². The highest BCUT2D eigenvalue weighted by molar-refractivity contribution is 5.78. The molecule has 35 heavy (non-hydrogen) atoms. The van der Waals surface area contributed by atoms with Crippen LogP contribution >= 0.6 is 0 Å². The number of hydrogen-bond donors (Lipinski definition) is 1. The van der Waals surface area contributed by atoms with Gasteiger partial charge in [-0.05, 0) is 30.9 Å². The fourth-order valence-electron chi connectivity index (χ4n) is 4.47. The van der Waals surface area contributed by atoms with Crippen LogP contribution in [0.2, 0.25) is 0 Å². The van der Waals surface area contributed by atoms with Crippen molar-refractivity contribution in [1.82, 2.24) is 24.9 Å². The predicted octanol–water partition coefficient (Wildman–Crippen LogP) is 4.01. The lowest BCUT2D eigenvalue weighted by Crippen LogP contribution is -2.50. The Morgan fingerprint density at radius 2 is 2.03 bits per heavy atom. The van der Waals surface area contributed by atoms with E-state index in [1.54, 1.807) is 35.0 Å². The third-order valence-electron chi connectivity index (χ3n) is 6.17. The Bertz CT molecular complexity index is 1360. The first-order chi connectivity index (χ1) is 16.9. The van der Waals surface area contributed by atoms with Gasteiger partial charge in [0, 0.05) is 18.2 Å². The van der Waals surface area contributed by atoms with E-state index in [4.69, 9.17) is 4.52 Å². The molecule has 180 valence electrons. The quantitative estimate of drug-likeness (QED) is 0.441. The minimum Gasteiger partial charge on any atom is -0.480 e. The molecular formula is C24H22F2N6O3. The lowest BCUT2D eigenvalue weighted by molar-refractivity contribution is -0.140. The van der Waals surface area contributed by atoms with Gasteiger partial charge in [-0.2, -0.15) is 5.10 Å². The van der Waals surface area contributed by atoms with Crippen molar-refractivity contribution in [2.24, 2.45) is 5.92 Å². The SMILES string of the molecule is C[C@H]1CCCN(c2nc(-c3cc(-c4ccon4)n(Cc4ccccc4F)n3)ncc2F)C1C(=O)O. The van der Waals surface area contributed by atoms with Crippen LogP contribution in [0.5, 0.6) is 0 Å². The van der Waals surface area contributed by atoms with E-state index in [-0.39, 0.29) is 29.9 Å². The zero-order valence-electron chi connectivity index (χ0n) is 18.8. The summed E-state index contributed by atoms with van der Waals surface area (Å²) in [6.07, 6.45) is 3.87. The Labute approximate surface area is 199 Å². The van der Waals surface area contributed by atoms with Crippen molar-refractivity contribution < 1.29 is 23.2 Å². The van der Waals surface area contributed by atoms with Gasteiger partial charge in [-0.25, -0.2) is 23.5 Å². The van der Waals surface area contributed by atoms with Gasteiger partial charge in [-0.3, -0.25) is 4.68 Å². The second-order valence-corrected chi connectivity index (χ2v) is 8.51. The van der Waals surface area contributed by atoms with Crippen LogP contribution < -0.4 is 4.90 Å². The maximum absolute atomic E-state index is 14.8. The molecule has 1 N–H and O–H groups in total. The van der Waals surface area contributed by atoms with Crippen molar-refractivity contribution in [1.29, 1.82) is 0 Å². The Morgan fingerprint density at radius 1 is 1.20 bits per heavy atom. The summed E-state index contributed by atoms with van der Waals surface area (Å²) in [5.41, 5.74) is 1.72. The molecule has 1 aromatic carbocycles. The molecule has 9 nitrogen and oxygen atoms in total. The molecule has 0 aliphatic carbocycles. The number of halogens is 2. The summed E-state index contributed by atoms with van der Waals surface area (Å²) in [4.78, 5) is 21.9. The zero-order chi connectivity index (χ0) is 24.5. The second kappa shape index (κ2) is 9.24. The standard InChI is InChI=1S/C24H22F2N6O3/c1-14-5-4-9-31(21(14)24(33)34)23-17(26)12-27-22(28-23)19-11-20(18-8-10-35-30-18)32(29-19)13-15-6-2-3-7-16(15)25/h2-3,6-8,10-12,14,21H,4-5,9,13H2,1H3,(H,33,34)/t14-,21?/m0/s1. The summed E-state index contributed by atoms with van der Waals surface area (Å²) in [6.45, 7) is 2.30. The molecule has 1 saturated heterocycles. The average molecular weight is 480 g/mol. The van der Waals surface area contributed by atoms with Crippen molar-refractivity contribution >= 4 is 11.8 Å². The molecule has 2 atom stereocenters. The highest BCUT2D eigenvalue weighted by Crippen LogP contribution is 2.31. The molecule has 1 aliphatic heterocycles. The van der Waals surface area contributed by atoms with Crippen molar-refractivity contribution in [2.45, 2.75) is 32.4 Å². The molecule has 1 aliphatic rings. The Balaban J connectivity index is 1.56. The molecule has 3 aromatic heterocycles. The molecule has 4 heterocycles. The van der Waals surface area contributed by atoms with Gasteiger partial charge in [0.05, 0.1) is 18.4 Å². The van der Waals surface area contributed by atoms with Gasteiger partial charge in [-0.15, -0.1) is 0 Å². The number of carbonyl (C=O) groups is 1. The van der Waals surface area contributed by atoms with E-state index < -0.39 is 17.8 Å². The highest BCUT2D eigenvalue weighted by Gasteiger charge is 2.36. The largest absolute Gasteiger partial charge is 0.480 e. The van der Waals surface area contributed by atoms with Crippen LogP contribution in [0.4, 0.5) is 14.6 Å². The maximum atomic E-state index is 14.8. The first-order valence-electron chi connectivity index (χ1n) is 11.2. The van der Waals surface area contributed by atoms with Crippen LogP contribution in [-0.2, 0) is 11.3 Å². The zero-order valence-corrected chi connectivity index (χ0v) is 18.8. The van der Waals surface area contributed by atoms with E-state index in [1.807, 2.05) is 6.92 Å². The minimum absolute atomic E-state index is 0.0828. The average Bonchev–Trinajstić information content (AvgIpc) is 3.51. The number of piperidine rings is 1. The summed E-state index contributed by atoms with van der Waals surface area (Å²) in [5.74, 6) is -2.26. The Morgan fingerprint density at radius 3 is 2.77 bits per heavy atom. The normalized spacial score (nSPS) is 18.1. The number of nitrogens with zero attached hydrogens (tertiary/aromatic N) is 6. The number of carboxylic acid groups (broad SMARTS) is 1. The summed E-state index contributed by atoms with van der Waals surface area (Å²) in [6, 6.07) is 8.75. The van der Waals surface area contributed by atoms with Gasteiger partial charge in [0.15, 0.2) is 17.5 Å². The van der Waals surface area contributed by atoms with Gasteiger partial charge in [0.1, 0.15) is 29.5 Å². The van der Waals surface area contributed by atoms with Crippen LogP contribution in [0.25, 0.3) is 22.9 Å². The molecule has 0 saturated carbocycles. The summed E-state index contributed by atoms with van der Waals surface area (Å²) in [7, 11) is 0. The number of carboxylic acids is 1. The Hall–Kier alpha value is -4.15. The lowest BCUT2D eigenvalue weighted by Gasteiger charge is -2.38. The van der Waals surface area contributed by atoms with Crippen LogP contribution in [0.15, 0.2) is 53.4 Å². The van der Waals surface area contributed by atoms with E-state index in [1.165, 1.54) is 17.2 Å². The molecule has 1 unspecified atom stereocenters. The lowest BCUT2D eigenvalue weighted by atomic mass is 9.91. The van der Waals surface area contributed by atoms with Crippen molar-refractivity contribution in [3.63, 3.8) is 0 Å². The third-order valence-corrected chi connectivity index (χ3v) is 6.17. The third kappa shape index (κ3) is 4.36. The molecule has 0 radical (unpaired) electrons. The van der Waals surface area contributed by atoms with Crippen LogP contribution in [0, 0.1) is 17.6 Å². The smallest absolute Gasteiger partial charge is 0.326 e. The number of aromatic nitrogens is 5. The van der Waals surface area contributed by atoms with Gasteiger partial charge < -0.3 is 14.5 Å². The van der Waals surface area contributed by atoms with Crippen LogP contribution in [0.1, 0.15) is 25.3 Å². The first-order valence-corrected chi connectivity index (χ1v) is 11.2. The summed E-state index contributed by atoms with van der Waals surface area (Å²) < 4.78 is 35.7. The molecule has 11 heteroatoms. The molecule has 0 spiro atoms. The van der Waals surface area contributed by atoms with E-state index in [2.05, 4.69) is 20.2 Å². The number of anilines is 1. The fourth-order valence-corrected chi connectivity index (χ4v) is 4.47. The molecule has 1 fully saturated rings. The van der Waals surface area contributed by atoms with E-state index in [0.717, 1.165) is 19.0 Å². The Kier molecular flexibility index (Phi) is 5.98. The van der Waals surface area contributed by atoms with Gasteiger partial charge in [0.25, 0.3) is 0 Å². The molecule has 5 rings (SSSR count). The first kappa shape index (κ1) is 22.6. The maximum Gasteiger partial charge on any atom is 0.326 e. The number of rotatable bonds is 6. The second-order valence-electron chi connectivity index (χ2n) is 8.51. The fraction of sp³-hybridized carbons (Fsp3) is 0.292. The van der Waals surface area contributed by atoms with E-state index in [0.29, 0.717) is 29.2 Å². The van der Waals surface area contributed by atoms with Crippen molar-refractivity contribution in [3.05, 3.63) is 66.1 Å². The van der Waals surface area contributed by atoms with Gasteiger partial charge in [-0.1, -0.05) is 30.3 Å². The van der Waals surface area contributed by atoms with Crippen LogP contribution in [0.3, 0.4) is 0 Å². The van der Waals surface area contributed by atoms with Crippen molar-refractivity contribution in [2.75, 3.05) is 11.4 Å². The minimum atomic E-state index is -1.03. The van der Waals surface area contributed by atoms with Gasteiger partial charge in [0.2, 0.25) is 0 Å². The number of aliphatic carboxylic acids is 1. The monoisotopic (exact) mass is 480 g/mol. The number of benzene rings is 1. The molecule has 0 bridgehead atoms. The summed E-state index contributed by atoms with van der Waals surface area (Å²) >= 11 is 0. The molecular weight excluding hydrogens is 458 g/mol. The van der Waals surface area contributed by atoms with Crippen LogP contribution in [-0.4, -0.2) is 48.6 Å². The predicted molar refractivity (Wildman–Crippen MR) is 121 cm³/mol. The van der Waals surface area contributed by atoms with Crippen molar-refractivity contribution in [3.8, 4) is 22.9 Å². The number of hydrogen-bond acceptors (Lipinski definition) is 7. The molecule has 0 amide bonds.